The highest BCUT2D eigenvalue weighted by Gasteiger charge is 2.23. The summed E-state index contributed by atoms with van der Waals surface area (Å²) in [4.78, 5) is 14.9. The number of halogens is 1. The summed E-state index contributed by atoms with van der Waals surface area (Å²) < 4.78 is 16.1. The molecule has 6 nitrogen and oxygen atoms in total. The van der Waals surface area contributed by atoms with E-state index in [0.717, 1.165) is 36.7 Å². The molecular formula is C23H26FN5O. The highest BCUT2D eigenvalue weighted by Crippen LogP contribution is 2.18. The largest absolute Gasteiger partial charge is 0.342 e. The van der Waals surface area contributed by atoms with E-state index in [2.05, 4.69) is 25.0 Å². The average molecular weight is 407 g/mol. The fourth-order valence-electron chi connectivity index (χ4n) is 3.90. The highest BCUT2D eigenvalue weighted by atomic mass is 19.1. The first kappa shape index (κ1) is 20.2. The number of hydrogen-bond acceptors (Lipinski definition) is 4. The molecule has 0 fully saturated rings. The van der Waals surface area contributed by atoms with Crippen LogP contribution in [0.2, 0.25) is 0 Å². The van der Waals surface area contributed by atoms with E-state index >= 15 is 0 Å². The fourth-order valence-corrected chi connectivity index (χ4v) is 3.90. The lowest BCUT2D eigenvalue weighted by atomic mass is 10.1. The minimum Gasteiger partial charge on any atom is -0.342 e. The number of aryl methyl sites for hydroxylation is 1. The minimum absolute atomic E-state index is 0.118. The van der Waals surface area contributed by atoms with Gasteiger partial charge in [-0.05, 0) is 31.5 Å². The zero-order valence-corrected chi connectivity index (χ0v) is 17.3. The van der Waals surface area contributed by atoms with Gasteiger partial charge in [-0.15, -0.1) is 10.2 Å². The SMILES string of the molecule is Cc1ccccc1C(=O)NC(C)c1nnc2n1CCN(Cc1ccccc1F)CC2. The van der Waals surface area contributed by atoms with Gasteiger partial charge in [0, 0.05) is 43.7 Å². The molecular weight excluding hydrogens is 381 g/mol. The minimum atomic E-state index is -0.267. The van der Waals surface area contributed by atoms with Crippen LogP contribution in [0.3, 0.4) is 0 Å². The number of aromatic nitrogens is 3. The molecule has 156 valence electrons. The number of nitrogens with one attached hydrogen (secondary N) is 1. The number of carbonyl (C=O) groups excluding carboxylic acids is 1. The van der Waals surface area contributed by atoms with Crippen molar-refractivity contribution in [2.75, 3.05) is 13.1 Å². The van der Waals surface area contributed by atoms with Gasteiger partial charge >= 0.3 is 0 Å². The van der Waals surface area contributed by atoms with E-state index < -0.39 is 0 Å². The monoisotopic (exact) mass is 407 g/mol. The molecule has 0 saturated heterocycles. The van der Waals surface area contributed by atoms with Gasteiger partial charge in [0.25, 0.3) is 5.91 Å². The van der Waals surface area contributed by atoms with Crippen molar-refractivity contribution in [1.82, 2.24) is 25.0 Å². The third kappa shape index (κ3) is 4.26. The molecule has 3 aromatic rings. The van der Waals surface area contributed by atoms with Crippen LogP contribution in [0.5, 0.6) is 0 Å². The molecule has 2 heterocycles. The summed E-state index contributed by atoms with van der Waals surface area (Å²) in [5.74, 6) is 1.36. The average Bonchev–Trinajstić information content (AvgIpc) is 3.04. The van der Waals surface area contributed by atoms with Crippen LogP contribution in [-0.2, 0) is 19.5 Å². The molecule has 1 aliphatic heterocycles. The van der Waals surface area contributed by atoms with Gasteiger partial charge in [0.05, 0.1) is 6.04 Å². The van der Waals surface area contributed by atoms with Crippen LogP contribution in [0, 0.1) is 12.7 Å². The zero-order valence-electron chi connectivity index (χ0n) is 17.3. The van der Waals surface area contributed by atoms with Gasteiger partial charge in [-0.3, -0.25) is 9.69 Å². The van der Waals surface area contributed by atoms with Crippen molar-refractivity contribution in [2.45, 2.75) is 39.4 Å². The van der Waals surface area contributed by atoms with Crippen molar-refractivity contribution in [1.29, 1.82) is 0 Å². The molecule has 0 saturated carbocycles. The maximum atomic E-state index is 14.0. The predicted octanol–water partition coefficient (Wildman–Crippen LogP) is 3.27. The Kier molecular flexibility index (Phi) is 5.90. The Bertz CT molecular complexity index is 1050. The molecule has 1 unspecified atom stereocenters. The van der Waals surface area contributed by atoms with E-state index in [4.69, 9.17) is 0 Å². The van der Waals surface area contributed by atoms with E-state index in [9.17, 15) is 9.18 Å². The summed E-state index contributed by atoms with van der Waals surface area (Å²) in [5.41, 5.74) is 2.30. The smallest absolute Gasteiger partial charge is 0.252 e. The number of fused-ring (bicyclic) bond motifs is 1. The third-order valence-electron chi connectivity index (χ3n) is 5.62. The molecule has 0 spiro atoms. The maximum absolute atomic E-state index is 14.0. The number of amides is 1. The van der Waals surface area contributed by atoms with Crippen molar-refractivity contribution in [2.24, 2.45) is 0 Å². The van der Waals surface area contributed by atoms with E-state index in [0.29, 0.717) is 24.2 Å². The third-order valence-corrected chi connectivity index (χ3v) is 5.62. The molecule has 2 aromatic carbocycles. The molecule has 4 rings (SSSR count). The van der Waals surface area contributed by atoms with Crippen LogP contribution in [0.15, 0.2) is 48.5 Å². The van der Waals surface area contributed by atoms with E-state index in [1.807, 2.05) is 50.2 Å². The Balaban J connectivity index is 1.44. The Labute approximate surface area is 175 Å². The van der Waals surface area contributed by atoms with Gasteiger partial charge < -0.3 is 9.88 Å². The van der Waals surface area contributed by atoms with Gasteiger partial charge in [0.2, 0.25) is 0 Å². The maximum Gasteiger partial charge on any atom is 0.252 e. The summed E-state index contributed by atoms with van der Waals surface area (Å²) in [6, 6.07) is 14.2. The summed E-state index contributed by atoms with van der Waals surface area (Å²) in [6.45, 7) is 6.68. The summed E-state index contributed by atoms with van der Waals surface area (Å²) in [7, 11) is 0. The Morgan fingerprint density at radius 1 is 1.10 bits per heavy atom. The first-order valence-electron chi connectivity index (χ1n) is 10.3. The molecule has 1 aromatic heterocycles. The standard InChI is InChI=1S/C23H26FN5O/c1-16-7-3-5-9-19(16)23(30)25-17(2)22-27-26-21-11-12-28(13-14-29(21)22)15-18-8-4-6-10-20(18)24/h3-10,17H,11-15H2,1-2H3,(H,25,30). The number of rotatable bonds is 5. The second-order valence-electron chi connectivity index (χ2n) is 7.75. The van der Waals surface area contributed by atoms with Crippen molar-refractivity contribution in [3.8, 4) is 0 Å². The second kappa shape index (κ2) is 8.75. The van der Waals surface area contributed by atoms with Gasteiger partial charge in [0.1, 0.15) is 11.6 Å². The van der Waals surface area contributed by atoms with Crippen molar-refractivity contribution >= 4 is 5.91 Å². The van der Waals surface area contributed by atoms with Gasteiger partial charge in [-0.1, -0.05) is 36.4 Å². The second-order valence-corrected chi connectivity index (χ2v) is 7.75. The summed E-state index contributed by atoms with van der Waals surface area (Å²) in [5, 5.41) is 11.7. The van der Waals surface area contributed by atoms with Crippen molar-refractivity contribution < 1.29 is 9.18 Å². The Morgan fingerprint density at radius 2 is 1.87 bits per heavy atom. The van der Waals surface area contributed by atoms with Crippen LogP contribution < -0.4 is 5.32 Å². The van der Waals surface area contributed by atoms with E-state index in [1.165, 1.54) is 6.07 Å². The van der Waals surface area contributed by atoms with Crippen LogP contribution in [-0.4, -0.2) is 38.7 Å². The molecule has 1 aliphatic rings. The van der Waals surface area contributed by atoms with Crippen LogP contribution >= 0.6 is 0 Å². The molecule has 1 N–H and O–H groups in total. The first-order chi connectivity index (χ1) is 14.5. The van der Waals surface area contributed by atoms with Gasteiger partial charge in [-0.25, -0.2) is 4.39 Å². The Hall–Kier alpha value is -3.06. The van der Waals surface area contributed by atoms with Crippen LogP contribution in [0.1, 0.15) is 46.1 Å². The number of hydrogen-bond donors (Lipinski definition) is 1. The lowest BCUT2D eigenvalue weighted by Crippen LogP contribution is -2.30. The highest BCUT2D eigenvalue weighted by molar-refractivity contribution is 5.95. The van der Waals surface area contributed by atoms with E-state index in [1.54, 1.807) is 6.07 Å². The lowest BCUT2D eigenvalue weighted by molar-refractivity contribution is 0.0937. The lowest BCUT2D eigenvalue weighted by Gasteiger charge is -2.20. The topological polar surface area (TPSA) is 63.1 Å². The number of nitrogens with zero attached hydrogens (tertiary/aromatic N) is 4. The molecule has 30 heavy (non-hydrogen) atoms. The van der Waals surface area contributed by atoms with Crippen molar-refractivity contribution in [3.63, 3.8) is 0 Å². The normalized spacial score (nSPS) is 15.3. The molecule has 0 aliphatic carbocycles. The summed E-state index contributed by atoms with van der Waals surface area (Å²) in [6.07, 6.45) is 0.736. The summed E-state index contributed by atoms with van der Waals surface area (Å²) >= 11 is 0. The number of carbonyl (C=O) groups is 1. The predicted molar refractivity (Wildman–Crippen MR) is 112 cm³/mol. The van der Waals surface area contributed by atoms with Crippen LogP contribution in [0.4, 0.5) is 4.39 Å². The Morgan fingerprint density at radius 3 is 2.67 bits per heavy atom. The van der Waals surface area contributed by atoms with Gasteiger partial charge in [0.15, 0.2) is 5.82 Å². The fraction of sp³-hybridized carbons (Fsp3) is 0.348. The number of benzene rings is 2. The van der Waals surface area contributed by atoms with Gasteiger partial charge in [-0.2, -0.15) is 0 Å². The molecule has 0 bridgehead atoms. The molecule has 0 radical (unpaired) electrons. The quantitative estimate of drug-likeness (QED) is 0.705. The van der Waals surface area contributed by atoms with Crippen LogP contribution in [0.25, 0.3) is 0 Å². The molecule has 1 atom stereocenters. The zero-order chi connectivity index (χ0) is 21.1. The van der Waals surface area contributed by atoms with Crippen molar-refractivity contribution in [3.05, 3.63) is 82.7 Å². The molecule has 1 amide bonds. The molecule has 7 heteroatoms. The van der Waals surface area contributed by atoms with E-state index in [-0.39, 0.29) is 17.8 Å². The first-order valence-corrected chi connectivity index (χ1v) is 10.3.